The number of alkyl halides is 1. The summed E-state index contributed by atoms with van der Waals surface area (Å²) in [4.78, 5) is 4.41. The molecule has 0 bridgehead atoms. The average Bonchev–Trinajstić information content (AvgIpc) is 2.77. The lowest BCUT2D eigenvalue weighted by molar-refractivity contribution is 0.629. The summed E-state index contributed by atoms with van der Waals surface area (Å²) in [5.74, 6) is 0.207. The van der Waals surface area contributed by atoms with Crippen LogP contribution in [-0.2, 0) is 0 Å². The fourth-order valence-corrected chi connectivity index (χ4v) is 2.99. The number of para-hydroxylation sites is 1. The lowest BCUT2D eigenvalue weighted by Gasteiger charge is -2.13. The zero-order chi connectivity index (χ0) is 15.1. The van der Waals surface area contributed by atoms with Crippen LogP contribution in [0.25, 0.3) is 16.7 Å². The van der Waals surface area contributed by atoms with Gasteiger partial charge in [0, 0.05) is 6.07 Å². The van der Waals surface area contributed by atoms with Crippen molar-refractivity contribution in [2.24, 2.45) is 0 Å². The third-order valence-corrected chi connectivity index (χ3v) is 3.96. The quantitative estimate of drug-likeness (QED) is 0.540. The first-order valence-electron chi connectivity index (χ1n) is 6.25. The van der Waals surface area contributed by atoms with Crippen molar-refractivity contribution in [1.29, 1.82) is 0 Å². The van der Waals surface area contributed by atoms with Gasteiger partial charge in [0.1, 0.15) is 11.6 Å². The molecule has 2 aromatic carbocycles. The van der Waals surface area contributed by atoms with Crippen LogP contribution >= 0.6 is 34.8 Å². The molecule has 0 amide bonds. The highest BCUT2D eigenvalue weighted by molar-refractivity contribution is 6.38. The van der Waals surface area contributed by atoms with Gasteiger partial charge in [-0.05, 0) is 31.2 Å². The number of aromatic nitrogens is 2. The highest BCUT2D eigenvalue weighted by Crippen LogP contribution is 2.35. The summed E-state index contributed by atoms with van der Waals surface area (Å²) in [5, 5.41) is 0.571. The molecule has 1 unspecified atom stereocenters. The first-order chi connectivity index (χ1) is 9.99. The standard InChI is InChI=1S/C15H10Cl3FN2/c1-8(16)15-20-12-7-9(19)5-6-13(12)21(15)14-10(17)3-2-4-11(14)18/h2-8H,1H3. The molecule has 2 nitrogen and oxygen atoms in total. The fraction of sp³-hybridized carbons (Fsp3) is 0.133. The minimum absolute atomic E-state index is 0.355. The minimum atomic E-state index is -0.382. The van der Waals surface area contributed by atoms with Crippen LogP contribution in [0.3, 0.4) is 0 Å². The molecule has 3 rings (SSSR count). The van der Waals surface area contributed by atoms with Crippen molar-refractivity contribution < 1.29 is 4.39 Å². The van der Waals surface area contributed by atoms with Gasteiger partial charge in [-0.25, -0.2) is 9.37 Å². The second-order valence-corrected chi connectivity index (χ2v) is 6.09. The molecule has 0 aliphatic carbocycles. The SMILES string of the molecule is CC(Cl)c1nc2cc(F)ccc2n1-c1c(Cl)cccc1Cl. The number of rotatable bonds is 2. The number of hydrogen-bond donors (Lipinski definition) is 0. The Bertz CT molecular complexity index is 807. The predicted molar refractivity (Wildman–Crippen MR) is 85.3 cm³/mol. The summed E-state index contributed by atoms with van der Waals surface area (Å²) in [6.07, 6.45) is 0. The first-order valence-corrected chi connectivity index (χ1v) is 7.44. The zero-order valence-electron chi connectivity index (χ0n) is 10.9. The molecule has 0 saturated heterocycles. The van der Waals surface area contributed by atoms with Crippen LogP contribution < -0.4 is 0 Å². The van der Waals surface area contributed by atoms with E-state index >= 15 is 0 Å². The van der Waals surface area contributed by atoms with Gasteiger partial charge in [-0.2, -0.15) is 0 Å². The van der Waals surface area contributed by atoms with E-state index in [0.717, 1.165) is 0 Å². The Kier molecular flexibility index (Phi) is 3.82. The third kappa shape index (κ3) is 2.50. The summed E-state index contributed by atoms with van der Waals surface area (Å²) < 4.78 is 15.2. The van der Waals surface area contributed by atoms with Crippen molar-refractivity contribution in [1.82, 2.24) is 9.55 Å². The Morgan fingerprint density at radius 3 is 2.43 bits per heavy atom. The highest BCUT2D eigenvalue weighted by Gasteiger charge is 2.20. The molecule has 21 heavy (non-hydrogen) atoms. The second-order valence-electron chi connectivity index (χ2n) is 4.62. The predicted octanol–water partition coefficient (Wildman–Crippen LogP) is 5.77. The maximum absolute atomic E-state index is 13.4. The Morgan fingerprint density at radius 1 is 1.14 bits per heavy atom. The average molecular weight is 344 g/mol. The van der Waals surface area contributed by atoms with Crippen molar-refractivity contribution in [3.63, 3.8) is 0 Å². The van der Waals surface area contributed by atoms with Crippen molar-refractivity contribution in [2.45, 2.75) is 12.3 Å². The van der Waals surface area contributed by atoms with E-state index in [2.05, 4.69) is 4.98 Å². The number of imidazole rings is 1. The monoisotopic (exact) mass is 342 g/mol. The van der Waals surface area contributed by atoms with Gasteiger partial charge in [0.15, 0.2) is 0 Å². The number of fused-ring (bicyclic) bond motifs is 1. The normalized spacial score (nSPS) is 12.8. The largest absolute Gasteiger partial charge is 0.292 e. The van der Waals surface area contributed by atoms with Crippen LogP contribution in [0.1, 0.15) is 18.1 Å². The third-order valence-electron chi connectivity index (χ3n) is 3.16. The lowest BCUT2D eigenvalue weighted by atomic mass is 10.2. The van der Waals surface area contributed by atoms with E-state index in [0.29, 0.717) is 32.6 Å². The van der Waals surface area contributed by atoms with Crippen LogP contribution in [-0.4, -0.2) is 9.55 Å². The molecule has 1 heterocycles. The molecule has 0 fully saturated rings. The molecule has 1 aromatic heterocycles. The second kappa shape index (κ2) is 5.48. The molecule has 108 valence electrons. The van der Waals surface area contributed by atoms with E-state index in [1.54, 1.807) is 35.8 Å². The number of nitrogens with zero attached hydrogens (tertiary/aromatic N) is 2. The molecule has 0 radical (unpaired) electrons. The zero-order valence-corrected chi connectivity index (χ0v) is 13.2. The molecule has 0 saturated carbocycles. The smallest absolute Gasteiger partial charge is 0.132 e. The molecule has 0 spiro atoms. The van der Waals surface area contributed by atoms with Gasteiger partial charge in [0.2, 0.25) is 0 Å². The van der Waals surface area contributed by atoms with Crippen molar-refractivity contribution in [2.75, 3.05) is 0 Å². The van der Waals surface area contributed by atoms with Gasteiger partial charge in [-0.1, -0.05) is 29.3 Å². The van der Waals surface area contributed by atoms with E-state index < -0.39 is 0 Å². The Morgan fingerprint density at radius 2 is 1.81 bits per heavy atom. The summed E-state index contributed by atoms with van der Waals surface area (Å²) in [5.41, 5.74) is 1.81. The van der Waals surface area contributed by atoms with Crippen LogP contribution in [0.5, 0.6) is 0 Å². The van der Waals surface area contributed by atoms with Gasteiger partial charge in [0.25, 0.3) is 0 Å². The van der Waals surface area contributed by atoms with Crippen LogP contribution in [0.2, 0.25) is 10.0 Å². The Hall–Kier alpha value is -1.29. The van der Waals surface area contributed by atoms with Crippen molar-refractivity contribution >= 4 is 45.8 Å². The van der Waals surface area contributed by atoms with Gasteiger partial charge in [-0.3, -0.25) is 4.57 Å². The highest BCUT2D eigenvalue weighted by atomic mass is 35.5. The Labute approximate surface area is 136 Å². The van der Waals surface area contributed by atoms with E-state index in [1.807, 2.05) is 0 Å². The van der Waals surface area contributed by atoms with Crippen LogP contribution in [0, 0.1) is 5.82 Å². The minimum Gasteiger partial charge on any atom is -0.292 e. The Balaban J connectivity index is 2.42. The van der Waals surface area contributed by atoms with Gasteiger partial charge >= 0.3 is 0 Å². The lowest BCUT2D eigenvalue weighted by Crippen LogP contribution is -2.03. The van der Waals surface area contributed by atoms with E-state index in [9.17, 15) is 4.39 Å². The summed E-state index contributed by atoms with van der Waals surface area (Å²) >= 11 is 18.8. The molecular formula is C15H10Cl3FN2. The topological polar surface area (TPSA) is 17.8 Å². The molecule has 1 atom stereocenters. The molecule has 0 aliphatic heterocycles. The number of hydrogen-bond acceptors (Lipinski definition) is 1. The maximum Gasteiger partial charge on any atom is 0.132 e. The number of benzene rings is 2. The van der Waals surface area contributed by atoms with Gasteiger partial charge in [0.05, 0.1) is 32.1 Å². The summed E-state index contributed by atoms with van der Waals surface area (Å²) in [7, 11) is 0. The summed E-state index contributed by atoms with van der Waals surface area (Å²) in [6, 6.07) is 9.60. The van der Waals surface area contributed by atoms with Crippen molar-refractivity contribution in [3.8, 4) is 5.69 Å². The molecule has 0 aliphatic rings. The maximum atomic E-state index is 13.4. The van der Waals surface area contributed by atoms with E-state index in [-0.39, 0.29) is 11.2 Å². The van der Waals surface area contributed by atoms with Gasteiger partial charge < -0.3 is 0 Å². The molecule has 6 heteroatoms. The molecular weight excluding hydrogens is 334 g/mol. The summed E-state index contributed by atoms with van der Waals surface area (Å²) in [6.45, 7) is 1.79. The molecule has 3 aromatic rings. The number of halogens is 4. The van der Waals surface area contributed by atoms with Crippen LogP contribution in [0.4, 0.5) is 4.39 Å². The van der Waals surface area contributed by atoms with Crippen molar-refractivity contribution in [3.05, 3.63) is 58.1 Å². The fourth-order valence-electron chi connectivity index (χ4n) is 2.28. The molecule has 0 N–H and O–H groups in total. The van der Waals surface area contributed by atoms with E-state index in [4.69, 9.17) is 34.8 Å². The van der Waals surface area contributed by atoms with E-state index in [1.165, 1.54) is 12.1 Å². The first kappa shape index (κ1) is 14.6. The van der Waals surface area contributed by atoms with Crippen LogP contribution in [0.15, 0.2) is 36.4 Å². The van der Waals surface area contributed by atoms with Gasteiger partial charge in [-0.15, -0.1) is 11.6 Å².